The highest BCUT2D eigenvalue weighted by molar-refractivity contribution is 5.86. The molecule has 96 valence electrons. The number of carboxylic acid groups (broad SMARTS) is 1. The van der Waals surface area contributed by atoms with Crippen LogP contribution in [0.15, 0.2) is 35.5 Å². The fraction of sp³-hybridized carbons (Fsp3) is 0.385. The predicted molar refractivity (Wildman–Crippen MR) is 67.1 cm³/mol. The van der Waals surface area contributed by atoms with E-state index in [1.165, 1.54) is 4.90 Å². The molecule has 18 heavy (non-hydrogen) atoms. The molecule has 1 amide bonds. The number of nitrogens with zero attached hydrogens (tertiary/aromatic N) is 2. The topological polar surface area (TPSA) is 73.1 Å². The Labute approximate surface area is 105 Å². The maximum atomic E-state index is 11.2. The van der Waals surface area contributed by atoms with Crippen LogP contribution < -0.4 is 0 Å². The summed E-state index contributed by atoms with van der Waals surface area (Å²) in [5, 5.41) is 21.2. The number of benzene rings is 1. The van der Waals surface area contributed by atoms with Crippen LogP contribution in [-0.2, 0) is 6.42 Å². The van der Waals surface area contributed by atoms with Crippen molar-refractivity contribution in [3.05, 3.63) is 35.9 Å². The third-order valence-electron chi connectivity index (χ3n) is 3.25. The smallest absolute Gasteiger partial charge is 0.407 e. The Hall–Kier alpha value is -2.04. The van der Waals surface area contributed by atoms with Gasteiger partial charge in [-0.2, -0.15) is 0 Å². The van der Waals surface area contributed by atoms with E-state index in [1.807, 2.05) is 30.3 Å². The third kappa shape index (κ3) is 2.80. The van der Waals surface area contributed by atoms with Crippen LogP contribution in [0.5, 0.6) is 0 Å². The van der Waals surface area contributed by atoms with Crippen molar-refractivity contribution in [3.63, 3.8) is 0 Å². The van der Waals surface area contributed by atoms with E-state index in [4.69, 9.17) is 10.3 Å². The number of hydrogen-bond donors (Lipinski definition) is 2. The van der Waals surface area contributed by atoms with Gasteiger partial charge >= 0.3 is 6.09 Å². The van der Waals surface area contributed by atoms with Crippen molar-refractivity contribution in [1.29, 1.82) is 0 Å². The van der Waals surface area contributed by atoms with Crippen molar-refractivity contribution in [3.8, 4) is 0 Å². The molecule has 0 aromatic heterocycles. The minimum absolute atomic E-state index is 0.149. The molecular formula is C13H16N2O3. The van der Waals surface area contributed by atoms with E-state index >= 15 is 0 Å². The lowest BCUT2D eigenvalue weighted by atomic mass is 9.95. The lowest BCUT2D eigenvalue weighted by Gasteiger charge is -2.33. The maximum absolute atomic E-state index is 11.2. The first kappa shape index (κ1) is 12.4. The van der Waals surface area contributed by atoms with Gasteiger partial charge in [0.05, 0.1) is 5.71 Å². The maximum Gasteiger partial charge on any atom is 0.407 e. The van der Waals surface area contributed by atoms with Gasteiger partial charge in [-0.15, -0.1) is 0 Å². The Bertz CT molecular complexity index is 445. The second-order valence-electron chi connectivity index (χ2n) is 4.44. The van der Waals surface area contributed by atoms with Gasteiger partial charge < -0.3 is 15.2 Å². The molecule has 1 aliphatic heterocycles. The van der Waals surface area contributed by atoms with E-state index in [1.54, 1.807) is 0 Å². The van der Waals surface area contributed by atoms with Gasteiger partial charge in [-0.3, -0.25) is 0 Å². The summed E-state index contributed by atoms with van der Waals surface area (Å²) >= 11 is 0. The van der Waals surface area contributed by atoms with Crippen molar-refractivity contribution in [2.45, 2.75) is 25.3 Å². The van der Waals surface area contributed by atoms with Gasteiger partial charge in [-0.25, -0.2) is 4.79 Å². The van der Waals surface area contributed by atoms with Crippen LogP contribution in [0.3, 0.4) is 0 Å². The zero-order chi connectivity index (χ0) is 13.0. The summed E-state index contributed by atoms with van der Waals surface area (Å²) in [5.41, 5.74) is 1.77. The Balaban J connectivity index is 2.12. The van der Waals surface area contributed by atoms with Crippen LogP contribution in [-0.4, -0.2) is 39.6 Å². The molecule has 0 radical (unpaired) electrons. The van der Waals surface area contributed by atoms with Crippen molar-refractivity contribution >= 4 is 11.8 Å². The quantitative estimate of drug-likeness (QED) is 0.622. The monoisotopic (exact) mass is 248 g/mol. The van der Waals surface area contributed by atoms with Gasteiger partial charge in [0.15, 0.2) is 0 Å². The molecule has 1 aromatic carbocycles. The molecule has 1 saturated heterocycles. The average Bonchev–Trinajstić information content (AvgIpc) is 2.39. The Morgan fingerprint density at radius 1 is 1.39 bits per heavy atom. The average molecular weight is 248 g/mol. The molecule has 1 heterocycles. The van der Waals surface area contributed by atoms with Gasteiger partial charge in [0.2, 0.25) is 0 Å². The molecule has 1 fully saturated rings. The predicted octanol–water partition coefficient (Wildman–Crippen LogP) is 2.20. The van der Waals surface area contributed by atoms with Gasteiger partial charge in [0.25, 0.3) is 0 Å². The standard InChI is InChI=1S/C13H16N2O3/c16-13(17)15-7-6-11(14-18)9-12(15)8-10-4-2-1-3-5-10/h1-5,12,18H,6-9H2,(H,16,17). The third-order valence-corrected chi connectivity index (χ3v) is 3.25. The fourth-order valence-electron chi connectivity index (χ4n) is 2.33. The van der Waals surface area contributed by atoms with Crippen LogP contribution in [0.2, 0.25) is 0 Å². The van der Waals surface area contributed by atoms with E-state index in [0.717, 1.165) is 5.56 Å². The lowest BCUT2D eigenvalue weighted by Crippen LogP contribution is -2.46. The number of likely N-dealkylation sites (tertiary alicyclic amines) is 1. The molecule has 1 aliphatic rings. The molecule has 0 aliphatic carbocycles. The summed E-state index contributed by atoms with van der Waals surface area (Å²) in [5.74, 6) is 0. The molecule has 0 spiro atoms. The van der Waals surface area contributed by atoms with E-state index in [2.05, 4.69) is 5.16 Å². The summed E-state index contributed by atoms with van der Waals surface area (Å²) in [6.07, 6.45) is 0.741. The highest BCUT2D eigenvalue weighted by Gasteiger charge is 2.29. The highest BCUT2D eigenvalue weighted by Crippen LogP contribution is 2.19. The van der Waals surface area contributed by atoms with Crippen LogP contribution >= 0.6 is 0 Å². The van der Waals surface area contributed by atoms with Gasteiger partial charge in [-0.05, 0) is 12.0 Å². The van der Waals surface area contributed by atoms with E-state index in [9.17, 15) is 4.79 Å². The van der Waals surface area contributed by atoms with E-state index < -0.39 is 6.09 Å². The normalized spacial score (nSPS) is 22.1. The van der Waals surface area contributed by atoms with Crippen LogP contribution in [0.1, 0.15) is 18.4 Å². The number of oxime groups is 1. The largest absolute Gasteiger partial charge is 0.465 e. The second-order valence-corrected chi connectivity index (χ2v) is 4.44. The molecule has 5 heteroatoms. The summed E-state index contributed by atoms with van der Waals surface area (Å²) in [6, 6.07) is 9.60. The van der Waals surface area contributed by atoms with E-state index in [0.29, 0.717) is 31.5 Å². The number of rotatable bonds is 2. The van der Waals surface area contributed by atoms with Gasteiger partial charge in [-0.1, -0.05) is 35.5 Å². The first-order valence-corrected chi connectivity index (χ1v) is 5.94. The van der Waals surface area contributed by atoms with Crippen molar-refractivity contribution < 1.29 is 15.1 Å². The van der Waals surface area contributed by atoms with Gasteiger partial charge in [0.1, 0.15) is 0 Å². The molecule has 1 aromatic rings. The zero-order valence-electron chi connectivity index (χ0n) is 9.99. The Kier molecular flexibility index (Phi) is 3.82. The number of hydrogen-bond acceptors (Lipinski definition) is 3. The Morgan fingerprint density at radius 2 is 2.11 bits per heavy atom. The molecule has 2 N–H and O–H groups in total. The minimum Gasteiger partial charge on any atom is -0.465 e. The molecule has 1 atom stereocenters. The molecule has 1 unspecified atom stereocenters. The van der Waals surface area contributed by atoms with Crippen LogP contribution in [0.25, 0.3) is 0 Å². The minimum atomic E-state index is -0.909. The first-order chi connectivity index (χ1) is 8.70. The lowest BCUT2D eigenvalue weighted by molar-refractivity contribution is 0.121. The summed E-state index contributed by atoms with van der Waals surface area (Å²) < 4.78 is 0. The van der Waals surface area contributed by atoms with Crippen molar-refractivity contribution in [2.24, 2.45) is 5.16 Å². The number of piperidine rings is 1. The molecule has 2 rings (SSSR count). The second kappa shape index (κ2) is 5.53. The molecular weight excluding hydrogens is 232 g/mol. The highest BCUT2D eigenvalue weighted by atomic mass is 16.4. The number of carbonyl (C=O) groups is 1. The summed E-state index contributed by atoms with van der Waals surface area (Å²) in [4.78, 5) is 12.6. The Morgan fingerprint density at radius 3 is 2.72 bits per heavy atom. The van der Waals surface area contributed by atoms with Gasteiger partial charge in [0, 0.05) is 25.4 Å². The fourth-order valence-corrected chi connectivity index (χ4v) is 2.33. The zero-order valence-corrected chi connectivity index (χ0v) is 9.99. The van der Waals surface area contributed by atoms with Crippen LogP contribution in [0.4, 0.5) is 4.79 Å². The summed E-state index contributed by atoms with van der Waals surface area (Å²) in [6.45, 7) is 0.395. The van der Waals surface area contributed by atoms with E-state index in [-0.39, 0.29) is 6.04 Å². The molecule has 0 bridgehead atoms. The molecule has 5 nitrogen and oxygen atoms in total. The molecule has 0 saturated carbocycles. The first-order valence-electron chi connectivity index (χ1n) is 5.94. The van der Waals surface area contributed by atoms with Crippen molar-refractivity contribution in [1.82, 2.24) is 4.90 Å². The number of amides is 1. The van der Waals surface area contributed by atoms with Crippen molar-refractivity contribution in [2.75, 3.05) is 6.54 Å². The summed E-state index contributed by atoms with van der Waals surface area (Å²) in [7, 11) is 0. The van der Waals surface area contributed by atoms with Crippen LogP contribution in [0, 0.1) is 0 Å². The SMILES string of the molecule is O=C(O)N1CCC(=NO)CC1Cc1ccccc1.